The number of fused-ring (bicyclic) bond motifs is 3. The van der Waals surface area contributed by atoms with Gasteiger partial charge in [-0.1, -0.05) is 39.0 Å². The Morgan fingerprint density at radius 2 is 1.95 bits per heavy atom. The Morgan fingerprint density at radius 3 is 2.67 bits per heavy atom. The summed E-state index contributed by atoms with van der Waals surface area (Å²) in [7, 11) is 0. The number of nitrogens with one attached hydrogen (secondary N) is 1. The van der Waals surface area contributed by atoms with Gasteiger partial charge in [0.05, 0.1) is 12.2 Å². The van der Waals surface area contributed by atoms with Crippen molar-refractivity contribution in [2.45, 2.75) is 32.6 Å². The lowest BCUT2D eigenvalue weighted by molar-refractivity contribution is -0.128. The smallest absolute Gasteiger partial charge is 0.246 e. The van der Waals surface area contributed by atoms with Crippen LogP contribution in [-0.4, -0.2) is 29.8 Å². The van der Waals surface area contributed by atoms with Gasteiger partial charge in [0.15, 0.2) is 0 Å². The van der Waals surface area contributed by atoms with Gasteiger partial charge < -0.3 is 10.2 Å². The molecular weight excluding hydrogens is 264 g/mol. The third-order valence-electron chi connectivity index (χ3n) is 4.12. The fraction of sp³-hybridized carbons (Fsp3) is 0.412. The Kier molecular flexibility index (Phi) is 3.12. The van der Waals surface area contributed by atoms with Crippen LogP contribution in [-0.2, 0) is 21.4 Å². The minimum atomic E-state index is -0.199. The van der Waals surface area contributed by atoms with Crippen LogP contribution in [0.3, 0.4) is 0 Å². The van der Waals surface area contributed by atoms with Crippen molar-refractivity contribution in [3.63, 3.8) is 0 Å². The van der Waals surface area contributed by atoms with E-state index >= 15 is 0 Å². The molecule has 4 heteroatoms. The molecular formula is C17H20N2O2. The van der Waals surface area contributed by atoms with Gasteiger partial charge in [-0.25, -0.2) is 0 Å². The summed E-state index contributed by atoms with van der Waals surface area (Å²) in [5.41, 5.74) is 4.35. The summed E-state index contributed by atoms with van der Waals surface area (Å²) >= 11 is 0. The Hall–Kier alpha value is -2.10. The molecule has 1 aromatic carbocycles. The van der Waals surface area contributed by atoms with E-state index in [9.17, 15) is 9.59 Å². The Morgan fingerprint density at radius 1 is 1.19 bits per heavy atom. The molecule has 2 amide bonds. The van der Waals surface area contributed by atoms with Crippen molar-refractivity contribution in [2.75, 3.05) is 13.1 Å². The van der Waals surface area contributed by atoms with Gasteiger partial charge in [0, 0.05) is 18.2 Å². The zero-order valence-corrected chi connectivity index (χ0v) is 12.7. The van der Waals surface area contributed by atoms with Crippen molar-refractivity contribution in [3.8, 4) is 0 Å². The molecule has 110 valence electrons. The van der Waals surface area contributed by atoms with Crippen molar-refractivity contribution in [1.82, 2.24) is 10.2 Å². The van der Waals surface area contributed by atoms with Gasteiger partial charge in [-0.05, 0) is 23.0 Å². The van der Waals surface area contributed by atoms with E-state index in [0.29, 0.717) is 6.54 Å². The van der Waals surface area contributed by atoms with E-state index in [0.717, 1.165) is 17.7 Å². The largest absolute Gasteiger partial charge is 0.343 e. The summed E-state index contributed by atoms with van der Waals surface area (Å²) in [5.74, 6) is -0.242. The molecule has 0 spiro atoms. The molecule has 0 fully saturated rings. The monoisotopic (exact) mass is 284 g/mol. The highest BCUT2D eigenvalue weighted by molar-refractivity contribution is 6.03. The number of rotatable bonds is 0. The number of carbonyl (C=O) groups is 2. The highest BCUT2D eigenvalue weighted by Gasteiger charge is 2.31. The molecule has 2 aliphatic rings. The zero-order chi connectivity index (χ0) is 15.2. The van der Waals surface area contributed by atoms with Gasteiger partial charge in [-0.3, -0.25) is 9.59 Å². The summed E-state index contributed by atoms with van der Waals surface area (Å²) in [6.45, 7) is 7.28. The molecule has 1 N–H and O–H groups in total. The van der Waals surface area contributed by atoms with Crippen molar-refractivity contribution in [2.24, 2.45) is 0 Å². The minimum Gasteiger partial charge on any atom is -0.343 e. The van der Waals surface area contributed by atoms with Crippen molar-refractivity contribution >= 4 is 17.5 Å². The van der Waals surface area contributed by atoms with Gasteiger partial charge in [0.2, 0.25) is 11.8 Å². The average Bonchev–Trinajstić information content (AvgIpc) is 2.57. The molecule has 2 aliphatic heterocycles. The third kappa shape index (κ3) is 2.35. The maximum atomic E-state index is 12.2. The van der Waals surface area contributed by atoms with E-state index in [1.54, 1.807) is 11.0 Å². The second-order valence-corrected chi connectivity index (χ2v) is 6.62. The Bertz CT molecular complexity index is 653. The maximum absolute atomic E-state index is 12.2. The lowest BCUT2D eigenvalue weighted by atomic mass is 9.79. The fourth-order valence-corrected chi connectivity index (χ4v) is 3.14. The third-order valence-corrected chi connectivity index (χ3v) is 4.12. The first-order valence-corrected chi connectivity index (χ1v) is 7.30. The molecule has 0 saturated heterocycles. The number of amides is 2. The molecule has 1 aromatic rings. The van der Waals surface area contributed by atoms with Crippen LogP contribution in [0, 0.1) is 0 Å². The van der Waals surface area contributed by atoms with Crippen LogP contribution in [0.5, 0.6) is 0 Å². The summed E-state index contributed by atoms with van der Waals surface area (Å²) in [6.07, 6.45) is 2.38. The molecule has 3 rings (SSSR count). The van der Waals surface area contributed by atoms with Gasteiger partial charge in [0.25, 0.3) is 0 Å². The molecule has 0 bridgehead atoms. The lowest BCUT2D eigenvalue weighted by Crippen LogP contribution is -2.39. The lowest BCUT2D eigenvalue weighted by Gasteiger charge is -2.34. The standard InChI is InChI=1S/C17H20N2O2/c1-17(2,3)13-6-4-5-12-11(13)7-8-19-14(12)9-15(20)18-10-16(19)21/h4-6,9H,7-8,10H2,1-3H3,(H,18,20). The normalized spacial score (nSPS) is 18.4. The second kappa shape index (κ2) is 4.72. The zero-order valence-electron chi connectivity index (χ0n) is 12.7. The predicted molar refractivity (Wildman–Crippen MR) is 81.5 cm³/mol. The van der Waals surface area contributed by atoms with E-state index in [1.807, 2.05) is 12.1 Å². The van der Waals surface area contributed by atoms with Crippen LogP contribution < -0.4 is 5.32 Å². The summed E-state index contributed by atoms with van der Waals surface area (Å²) in [6, 6.07) is 6.17. The molecule has 21 heavy (non-hydrogen) atoms. The molecule has 0 atom stereocenters. The summed E-state index contributed by atoms with van der Waals surface area (Å²) < 4.78 is 0. The van der Waals surface area contributed by atoms with Crippen LogP contribution >= 0.6 is 0 Å². The van der Waals surface area contributed by atoms with Crippen molar-refractivity contribution < 1.29 is 9.59 Å². The second-order valence-electron chi connectivity index (χ2n) is 6.62. The minimum absolute atomic E-state index is 0.0427. The molecule has 0 radical (unpaired) electrons. The van der Waals surface area contributed by atoms with Crippen LogP contribution in [0.1, 0.15) is 37.5 Å². The van der Waals surface area contributed by atoms with Crippen LogP contribution in [0.2, 0.25) is 0 Å². The maximum Gasteiger partial charge on any atom is 0.246 e. The number of nitrogens with zero attached hydrogens (tertiary/aromatic N) is 1. The highest BCUT2D eigenvalue weighted by Crippen LogP contribution is 2.36. The first-order valence-electron chi connectivity index (χ1n) is 7.30. The first-order chi connectivity index (χ1) is 9.88. The molecule has 0 aliphatic carbocycles. The predicted octanol–water partition coefficient (Wildman–Crippen LogP) is 1.84. The average molecular weight is 284 g/mol. The van der Waals surface area contributed by atoms with Crippen molar-refractivity contribution in [1.29, 1.82) is 0 Å². The highest BCUT2D eigenvalue weighted by atomic mass is 16.2. The van der Waals surface area contributed by atoms with Gasteiger partial charge in [-0.2, -0.15) is 0 Å². The molecule has 0 unspecified atom stereocenters. The SMILES string of the molecule is CC(C)(C)c1cccc2c1CCN1C(=O)CNC(=O)C=C21. The quantitative estimate of drug-likeness (QED) is 0.790. The van der Waals surface area contributed by atoms with Gasteiger partial charge >= 0.3 is 0 Å². The van der Waals surface area contributed by atoms with Gasteiger partial charge in [0.1, 0.15) is 0 Å². The van der Waals surface area contributed by atoms with Crippen LogP contribution in [0.25, 0.3) is 5.70 Å². The number of benzene rings is 1. The van der Waals surface area contributed by atoms with E-state index in [-0.39, 0.29) is 23.8 Å². The van der Waals surface area contributed by atoms with Crippen molar-refractivity contribution in [3.05, 3.63) is 41.0 Å². The molecule has 0 saturated carbocycles. The summed E-state index contributed by atoms with van der Waals surface area (Å²) in [5, 5.41) is 2.62. The van der Waals surface area contributed by atoms with E-state index in [2.05, 4.69) is 32.2 Å². The number of hydrogen-bond acceptors (Lipinski definition) is 2. The first kappa shape index (κ1) is 13.9. The Balaban J connectivity index is 2.18. The van der Waals surface area contributed by atoms with Crippen LogP contribution in [0.4, 0.5) is 0 Å². The van der Waals surface area contributed by atoms with Gasteiger partial charge in [-0.15, -0.1) is 0 Å². The van der Waals surface area contributed by atoms with E-state index in [4.69, 9.17) is 0 Å². The van der Waals surface area contributed by atoms with Crippen LogP contribution in [0.15, 0.2) is 24.3 Å². The number of carbonyl (C=O) groups excluding carboxylic acids is 2. The van der Waals surface area contributed by atoms with E-state index in [1.165, 1.54) is 11.1 Å². The topological polar surface area (TPSA) is 49.4 Å². The molecule has 0 aromatic heterocycles. The molecule has 2 heterocycles. The number of hydrogen-bond donors (Lipinski definition) is 1. The molecule has 4 nitrogen and oxygen atoms in total. The Labute approximate surface area is 124 Å². The summed E-state index contributed by atoms with van der Waals surface area (Å²) in [4.78, 5) is 25.7. The van der Waals surface area contributed by atoms with E-state index < -0.39 is 0 Å². The fourth-order valence-electron chi connectivity index (χ4n) is 3.14.